The fourth-order valence-electron chi connectivity index (χ4n) is 2.75. The smallest absolute Gasteiger partial charge is 0.262 e. The molecule has 0 aliphatic heterocycles. The summed E-state index contributed by atoms with van der Waals surface area (Å²) in [6.45, 7) is 0. The summed E-state index contributed by atoms with van der Waals surface area (Å²) in [6, 6.07) is 11.7. The van der Waals surface area contributed by atoms with Gasteiger partial charge in [-0.2, -0.15) is 0 Å². The molecule has 11 heteroatoms. The molecule has 2 aromatic carbocycles. The summed E-state index contributed by atoms with van der Waals surface area (Å²) < 4.78 is 47.9. The lowest BCUT2D eigenvalue weighted by Gasteiger charge is -2.11. The molecule has 158 valence electrons. The van der Waals surface area contributed by atoms with E-state index in [0.717, 1.165) is 6.07 Å². The molecule has 2 heterocycles. The van der Waals surface area contributed by atoms with Gasteiger partial charge in [0.1, 0.15) is 24.3 Å². The Balaban J connectivity index is 1.47. The van der Waals surface area contributed by atoms with Crippen LogP contribution < -0.4 is 14.8 Å². The second-order valence-corrected chi connectivity index (χ2v) is 8.02. The number of imidazole rings is 1. The first-order valence-corrected chi connectivity index (χ1v) is 10.5. The highest BCUT2D eigenvalue weighted by atomic mass is 32.2. The van der Waals surface area contributed by atoms with Gasteiger partial charge in [-0.15, -0.1) is 0 Å². The van der Waals surface area contributed by atoms with E-state index in [4.69, 9.17) is 4.74 Å². The number of nitrogens with one attached hydrogen (secondary N) is 2. The van der Waals surface area contributed by atoms with Gasteiger partial charge in [-0.3, -0.25) is 9.29 Å². The average Bonchev–Trinajstić information content (AvgIpc) is 3.30. The van der Waals surface area contributed by atoms with Crippen LogP contribution in [0.2, 0.25) is 0 Å². The molecule has 2 N–H and O–H groups in total. The van der Waals surface area contributed by atoms with E-state index in [1.807, 2.05) is 0 Å². The minimum absolute atomic E-state index is 0.0321. The molecular weight excluding hydrogens is 423 g/mol. The molecule has 0 saturated carbocycles. The van der Waals surface area contributed by atoms with E-state index in [9.17, 15) is 12.8 Å². The van der Waals surface area contributed by atoms with E-state index in [2.05, 4.69) is 25.0 Å². The number of anilines is 3. The van der Waals surface area contributed by atoms with Gasteiger partial charge in [-0.1, -0.05) is 0 Å². The van der Waals surface area contributed by atoms with Crippen molar-refractivity contribution in [2.45, 2.75) is 4.90 Å². The van der Waals surface area contributed by atoms with Crippen LogP contribution in [0.1, 0.15) is 0 Å². The summed E-state index contributed by atoms with van der Waals surface area (Å²) >= 11 is 0. The third-order valence-corrected chi connectivity index (χ3v) is 5.64. The number of ether oxygens (including phenoxy) is 1. The maximum atomic E-state index is 13.9. The Morgan fingerprint density at radius 3 is 2.48 bits per heavy atom. The third kappa shape index (κ3) is 4.61. The van der Waals surface area contributed by atoms with Gasteiger partial charge in [0.2, 0.25) is 0 Å². The minimum Gasteiger partial charge on any atom is -0.494 e. The van der Waals surface area contributed by atoms with Gasteiger partial charge in [0.15, 0.2) is 11.6 Å². The highest BCUT2D eigenvalue weighted by molar-refractivity contribution is 7.92. The van der Waals surface area contributed by atoms with Crippen LogP contribution in [0.15, 0.2) is 78.5 Å². The van der Waals surface area contributed by atoms with Gasteiger partial charge in [0.25, 0.3) is 10.0 Å². The van der Waals surface area contributed by atoms with E-state index in [0.29, 0.717) is 23.0 Å². The zero-order valence-electron chi connectivity index (χ0n) is 16.2. The Bertz CT molecular complexity index is 1300. The van der Waals surface area contributed by atoms with E-state index < -0.39 is 15.8 Å². The summed E-state index contributed by atoms with van der Waals surface area (Å²) in [7, 11) is -2.65. The fraction of sp³-hybridized carbons (Fsp3) is 0.0500. The van der Waals surface area contributed by atoms with Crippen LogP contribution >= 0.6 is 0 Å². The molecule has 0 aliphatic carbocycles. The van der Waals surface area contributed by atoms with Gasteiger partial charge < -0.3 is 10.1 Å². The van der Waals surface area contributed by atoms with E-state index in [-0.39, 0.29) is 10.6 Å². The van der Waals surface area contributed by atoms with Crippen molar-refractivity contribution >= 4 is 27.2 Å². The Kier molecular flexibility index (Phi) is 5.50. The SMILES string of the molecule is COc1ccc(S(=O)(=O)Nc2ccc(Nc3cc(-n4ccnc4)ncn3)cc2)cc1F. The quantitative estimate of drug-likeness (QED) is 0.453. The second-order valence-electron chi connectivity index (χ2n) is 6.34. The van der Waals surface area contributed by atoms with E-state index in [1.165, 1.54) is 25.6 Å². The summed E-state index contributed by atoms with van der Waals surface area (Å²) in [5.74, 6) is 0.409. The van der Waals surface area contributed by atoms with Gasteiger partial charge in [-0.05, 0) is 42.5 Å². The van der Waals surface area contributed by atoms with E-state index >= 15 is 0 Å². The second kappa shape index (κ2) is 8.40. The molecule has 4 rings (SSSR count). The molecule has 0 radical (unpaired) electrons. The predicted octanol–water partition coefficient (Wildman–Crippen LogP) is 3.35. The molecule has 0 unspecified atom stereocenters. The van der Waals surface area contributed by atoms with E-state index in [1.54, 1.807) is 53.6 Å². The highest BCUT2D eigenvalue weighted by Crippen LogP contribution is 2.24. The molecule has 2 aromatic heterocycles. The van der Waals surface area contributed by atoms with Gasteiger partial charge in [0.05, 0.1) is 12.0 Å². The van der Waals surface area contributed by atoms with Crippen molar-refractivity contribution in [3.8, 4) is 11.6 Å². The number of aromatic nitrogens is 4. The van der Waals surface area contributed by atoms with Gasteiger partial charge in [-0.25, -0.2) is 27.8 Å². The number of hydrogen-bond acceptors (Lipinski definition) is 7. The van der Waals surface area contributed by atoms with Gasteiger partial charge in [0, 0.05) is 29.8 Å². The number of sulfonamides is 1. The van der Waals surface area contributed by atoms with Crippen molar-refractivity contribution in [2.75, 3.05) is 17.1 Å². The summed E-state index contributed by atoms with van der Waals surface area (Å²) in [5.41, 5.74) is 1.01. The van der Waals surface area contributed by atoms with Crippen LogP contribution in [0, 0.1) is 5.82 Å². The van der Waals surface area contributed by atoms with Gasteiger partial charge >= 0.3 is 0 Å². The van der Waals surface area contributed by atoms with Crippen LogP contribution in [0.5, 0.6) is 5.75 Å². The molecule has 0 saturated heterocycles. The maximum absolute atomic E-state index is 13.9. The van der Waals surface area contributed by atoms with Crippen LogP contribution in [-0.2, 0) is 10.0 Å². The van der Waals surface area contributed by atoms with Crippen molar-refractivity contribution in [3.05, 3.63) is 79.4 Å². The Morgan fingerprint density at radius 2 is 1.81 bits per heavy atom. The summed E-state index contributed by atoms with van der Waals surface area (Å²) in [4.78, 5) is 12.1. The van der Waals surface area contributed by atoms with Crippen LogP contribution in [0.25, 0.3) is 5.82 Å². The lowest BCUT2D eigenvalue weighted by atomic mass is 10.3. The lowest BCUT2D eigenvalue weighted by molar-refractivity contribution is 0.385. The molecule has 4 aromatic rings. The third-order valence-electron chi connectivity index (χ3n) is 4.26. The monoisotopic (exact) mass is 440 g/mol. The first kappa shape index (κ1) is 20.3. The minimum atomic E-state index is -3.96. The molecule has 0 atom stereocenters. The maximum Gasteiger partial charge on any atom is 0.262 e. The molecule has 0 bridgehead atoms. The Hall–Kier alpha value is -3.99. The number of rotatable bonds is 7. The van der Waals surface area contributed by atoms with Crippen LogP contribution in [0.4, 0.5) is 21.6 Å². The van der Waals surface area contributed by atoms with Crippen molar-refractivity contribution < 1.29 is 17.5 Å². The molecule has 31 heavy (non-hydrogen) atoms. The predicted molar refractivity (Wildman–Crippen MR) is 113 cm³/mol. The first-order chi connectivity index (χ1) is 14.9. The van der Waals surface area contributed by atoms with Crippen LogP contribution in [0.3, 0.4) is 0 Å². The highest BCUT2D eigenvalue weighted by Gasteiger charge is 2.17. The fourth-order valence-corrected chi connectivity index (χ4v) is 3.82. The molecule has 0 amide bonds. The molecular formula is C20H17FN6O3S. The van der Waals surface area contributed by atoms with Crippen molar-refractivity contribution in [2.24, 2.45) is 0 Å². The van der Waals surface area contributed by atoms with Crippen molar-refractivity contribution in [1.29, 1.82) is 0 Å². The molecule has 9 nitrogen and oxygen atoms in total. The first-order valence-electron chi connectivity index (χ1n) is 8.98. The Labute approximate surface area is 177 Å². The Morgan fingerprint density at radius 1 is 1.03 bits per heavy atom. The molecule has 0 spiro atoms. The zero-order valence-corrected chi connectivity index (χ0v) is 17.0. The molecule has 0 aliphatic rings. The number of methoxy groups -OCH3 is 1. The van der Waals surface area contributed by atoms with Crippen molar-refractivity contribution in [3.63, 3.8) is 0 Å². The largest absolute Gasteiger partial charge is 0.494 e. The standard InChI is InChI=1S/C20H17FN6O3S/c1-30-18-7-6-16(10-17(18)21)31(28,29)26-15-4-2-14(3-5-15)25-19-11-20(24-12-23-19)27-9-8-22-13-27/h2-13,26H,1H3,(H,23,24,25). The zero-order chi connectivity index (χ0) is 21.8. The number of halogens is 1. The normalized spacial score (nSPS) is 11.2. The number of benzene rings is 2. The average molecular weight is 440 g/mol. The number of hydrogen-bond donors (Lipinski definition) is 2. The molecule has 0 fully saturated rings. The number of nitrogens with zero attached hydrogens (tertiary/aromatic N) is 4. The van der Waals surface area contributed by atoms with Crippen LogP contribution in [-0.4, -0.2) is 35.0 Å². The lowest BCUT2D eigenvalue weighted by Crippen LogP contribution is -2.13. The summed E-state index contributed by atoms with van der Waals surface area (Å²) in [5, 5.41) is 3.12. The summed E-state index contributed by atoms with van der Waals surface area (Å²) in [6.07, 6.45) is 6.47. The topological polar surface area (TPSA) is 111 Å². The van der Waals surface area contributed by atoms with Crippen molar-refractivity contribution in [1.82, 2.24) is 19.5 Å².